The Kier molecular flexibility index (Phi) is 4.78. The number of nitrogens with one attached hydrogen (secondary N) is 1. The SMILES string of the molecule is COC(=O)N[C@H]1CCN(c2c(C(C)N)cc(Cl)c3cccnc23)C1. The van der Waals surface area contributed by atoms with Crippen molar-refractivity contribution in [1.29, 1.82) is 0 Å². The molecule has 3 rings (SSSR count). The number of methoxy groups -OCH3 is 1. The molecule has 3 N–H and O–H groups in total. The number of amides is 1. The van der Waals surface area contributed by atoms with E-state index in [4.69, 9.17) is 17.3 Å². The molecule has 0 bridgehead atoms. The number of alkyl carbamates (subject to hydrolysis) is 1. The zero-order valence-corrected chi connectivity index (χ0v) is 14.5. The molecule has 0 saturated carbocycles. The van der Waals surface area contributed by atoms with E-state index in [0.29, 0.717) is 11.6 Å². The van der Waals surface area contributed by atoms with Gasteiger partial charge in [0.2, 0.25) is 0 Å². The number of carbonyl (C=O) groups is 1. The lowest BCUT2D eigenvalue weighted by Crippen LogP contribution is -2.37. The highest BCUT2D eigenvalue weighted by Crippen LogP contribution is 2.38. The maximum atomic E-state index is 11.4. The first-order chi connectivity index (χ1) is 11.5. The molecule has 1 fully saturated rings. The molecule has 0 aliphatic carbocycles. The lowest BCUT2D eigenvalue weighted by atomic mass is 10.0. The van der Waals surface area contributed by atoms with Crippen LogP contribution >= 0.6 is 11.6 Å². The third kappa shape index (κ3) is 3.12. The molecule has 0 radical (unpaired) electrons. The Morgan fingerprint density at radius 1 is 1.58 bits per heavy atom. The molecule has 24 heavy (non-hydrogen) atoms. The van der Waals surface area contributed by atoms with Crippen molar-refractivity contribution in [1.82, 2.24) is 10.3 Å². The molecule has 1 aliphatic heterocycles. The number of hydrogen-bond donors (Lipinski definition) is 2. The van der Waals surface area contributed by atoms with Crippen LogP contribution < -0.4 is 16.0 Å². The van der Waals surface area contributed by atoms with Crippen LogP contribution in [0.5, 0.6) is 0 Å². The monoisotopic (exact) mass is 348 g/mol. The van der Waals surface area contributed by atoms with E-state index in [2.05, 4.69) is 19.9 Å². The van der Waals surface area contributed by atoms with Crippen molar-refractivity contribution in [2.75, 3.05) is 25.1 Å². The number of pyridine rings is 1. The van der Waals surface area contributed by atoms with Gasteiger partial charge in [0.25, 0.3) is 0 Å². The van der Waals surface area contributed by atoms with Crippen molar-refractivity contribution in [2.24, 2.45) is 5.73 Å². The predicted molar refractivity (Wildman–Crippen MR) is 95.5 cm³/mol. The van der Waals surface area contributed by atoms with Crippen molar-refractivity contribution >= 4 is 34.3 Å². The van der Waals surface area contributed by atoms with Crippen LogP contribution in [0.3, 0.4) is 0 Å². The van der Waals surface area contributed by atoms with Gasteiger partial charge in [-0.15, -0.1) is 0 Å². The molecule has 1 amide bonds. The zero-order chi connectivity index (χ0) is 17.3. The van der Waals surface area contributed by atoms with E-state index in [1.165, 1.54) is 7.11 Å². The molecular formula is C17H21ClN4O2. The van der Waals surface area contributed by atoms with E-state index in [1.807, 2.05) is 25.1 Å². The summed E-state index contributed by atoms with van der Waals surface area (Å²) in [5, 5.41) is 4.41. The number of fused-ring (bicyclic) bond motifs is 1. The maximum absolute atomic E-state index is 11.4. The quantitative estimate of drug-likeness (QED) is 0.891. The summed E-state index contributed by atoms with van der Waals surface area (Å²) in [6, 6.07) is 5.62. The fourth-order valence-electron chi connectivity index (χ4n) is 3.19. The topological polar surface area (TPSA) is 80.5 Å². The number of aromatic nitrogens is 1. The van der Waals surface area contributed by atoms with Gasteiger partial charge >= 0.3 is 6.09 Å². The Morgan fingerprint density at radius 2 is 2.38 bits per heavy atom. The van der Waals surface area contributed by atoms with Gasteiger partial charge in [-0.25, -0.2) is 4.79 Å². The largest absolute Gasteiger partial charge is 0.453 e. The summed E-state index contributed by atoms with van der Waals surface area (Å²) in [5.41, 5.74) is 8.98. The number of anilines is 1. The third-order valence-electron chi connectivity index (χ3n) is 4.35. The van der Waals surface area contributed by atoms with Gasteiger partial charge in [-0.1, -0.05) is 11.6 Å². The lowest BCUT2D eigenvalue weighted by Gasteiger charge is -2.25. The van der Waals surface area contributed by atoms with E-state index >= 15 is 0 Å². The van der Waals surface area contributed by atoms with Gasteiger partial charge < -0.3 is 20.7 Å². The fraction of sp³-hybridized carbons (Fsp3) is 0.412. The van der Waals surface area contributed by atoms with Crippen LogP contribution in [0.15, 0.2) is 24.4 Å². The minimum atomic E-state index is -0.409. The van der Waals surface area contributed by atoms with Crippen molar-refractivity contribution in [3.8, 4) is 0 Å². The number of halogens is 1. The first kappa shape index (κ1) is 16.8. The molecule has 2 atom stereocenters. The minimum absolute atomic E-state index is 0.0350. The van der Waals surface area contributed by atoms with Crippen LogP contribution in [0.25, 0.3) is 10.9 Å². The molecule has 1 unspecified atom stereocenters. The van der Waals surface area contributed by atoms with Crippen molar-refractivity contribution < 1.29 is 9.53 Å². The van der Waals surface area contributed by atoms with Crippen LogP contribution in [0.4, 0.5) is 10.5 Å². The Morgan fingerprint density at radius 3 is 3.08 bits per heavy atom. The third-order valence-corrected chi connectivity index (χ3v) is 4.66. The number of ether oxygens (including phenoxy) is 1. The summed E-state index contributed by atoms with van der Waals surface area (Å²) in [4.78, 5) is 18.2. The summed E-state index contributed by atoms with van der Waals surface area (Å²) in [6.45, 7) is 3.42. The highest BCUT2D eigenvalue weighted by atomic mass is 35.5. The minimum Gasteiger partial charge on any atom is -0.453 e. The summed E-state index contributed by atoms with van der Waals surface area (Å²) >= 11 is 6.41. The Labute approximate surface area is 145 Å². The number of nitrogens with zero attached hydrogens (tertiary/aromatic N) is 2. The molecule has 128 valence electrons. The first-order valence-electron chi connectivity index (χ1n) is 7.93. The van der Waals surface area contributed by atoms with Gasteiger partial charge in [0.1, 0.15) is 0 Å². The van der Waals surface area contributed by atoms with E-state index in [9.17, 15) is 4.79 Å². The molecule has 1 aromatic heterocycles. The number of nitrogens with two attached hydrogens (primary N) is 1. The van der Waals surface area contributed by atoms with Gasteiger partial charge in [-0.3, -0.25) is 4.98 Å². The summed E-state index contributed by atoms with van der Waals surface area (Å²) in [7, 11) is 1.37. The average Bonchev–Trinajstić information content (AvgIpc) is 3.02. The molecule has 6 nitrogen and oxygen atoms in total. The summed E-state index contributed by atoms with van der Waals surface area (Å²) in [5.74, 6) is 0. The van der Waals surface area contributed by atoms with Crippen LogP contribution in [0, 0.1) is 0 Å². The second kappa shape index (κ2) is 6.83. The summed E-state index contributed by atoms with van der Waals surface area (Å²) in [6.07, 6.45) is 2.19. The van der Waals surface area contributed by atoms with E-state index < -0.39 is 6.09 Å². The van der Waals surface area contributed by atoms with Crippen molar-refractivity contribution in [2.45, 2.75) is 25.4 Å². The number of carbonyl (C=O) groups excluding carboxylic acids is 1. The molecule has 2 aromatic rings. The highest BCUT2D eigenvalue weighted by Gasteiger charge is 2.28. The van der Waals surface area contributed by atoms with Crippen LogP contribution in [-0.4, -0.2) is 37.3 Å². The smallest absolute Gasteiger partial charge is 0.407 e. The molecule has 1 aromatic carbocycles. The van der Waals surface area contributed by atoms with Crippen molar-refractivity contribution in [3.63, 3.8) is 0 Å². The van der Waals surface area contributed by atoms with Gasteiger partial charge in [-0.2, -0.15) is 0 Å². The number of benzene rings is 1. The van der Waals surface area contributed by atoms with E-state index in [0.717, 1.165) is 35.1 Å². The normalized spacial score (nSPS) is 18.7. The Hall–Kier alpha value is -2.05. The second-order valence-electron chi connectivity index (χ2n) is 6.05. The Balaban J connectivity index is 2.01. The van der Waals surface area contributed by atoms with Gasteiger partial charge in [0.05, 0.1) is 29.4 Å². The van der Waals surface area contributed by atoms with Gasteiger partial charge in [0.15, 0.2) is 0 Å². The molecule has 0 spiro atoms. The molecule has 1 aliphatic rings. The van der Waals surface area contributed by atoms with Gasteiger partial charge in [0, 0.05) is 30.7 Å². The van der Waals surface area contributed by atoms with Crippen LogP contribution in [-0.2, 0) is 4.74 Å². The second-order valence-corrected chi connectivity index (χ2v) is 6.46. The molecular weight excluding hydrogens is 328 g/mol. The zero-order valence-electron chi connectivity index (χ0n) is 13.8. The van der Waals surface area contributed by atoms with Gasteiger partial charge in [-0.05, 0) is 37.1 Å². The molecule has 1 saturated heterocycles. The van der Waals surface area contributed by atoms with E-state index in [-0.39, 0.29) is 12.1 Å². The average molecular weight is 349 g/mol. The number of hydrogen-bond acceptors (Lipinski definition) is 5. The first-order valence-corrected chi connectivity index (χ1v) is 8.31. The molecule has 2 heterocycles. The fourth-order valence-corrected chi connectivity index (χ4v) is 3.46. The van der Waals surface area contributed by atoms with Crippen LogP contribution in [0.2, 0.25) is 5.02 Å². The Bertz CT molecular complexity index is 766. The van der Waals surface area contributed by atoms with Crippen LogP contribution in [0.1, 0.15) is 24.9 Å². The lowest BCUT2D eigenvalue weighted by molar-refractivity contribution is 0.167. The number of rotatable bonds is 3. The summed E-state index contributed by atoms with van der Waals surface area (Å²) < 4.78 is 4.68. The maximum Gasteiger partial charge on any atom is 0.407 e. The van der Waals surface area contributed by atoms with Crippen molar-refractivity contribution in [3.05, 3.63) is 35.0 Å². The predicted octanol–water partition coefficient (Wildman–Crippen LogP) is 2.84. The van der Waals surface area contributed by atoms with E-state index in [1.54, 1.807) is 6.20 Å². The molecule has 7 heteroatoms. The highest BCUT2D eigenvalue weighted by molar-refractivity contribution is 6.36. The standard InChI is InChI=1S/C17H21ClN4O2/c1-10(19)13-8-14(18)12-4-3-6-20-15(12)16(13)22-7-5-11(9-22)21-17(23)24-2/h3-4,6,8,10-11H,5,7,9,19H2,1-2H3,(H,21,23)/t10?,11-/m0/s1.